The first-order valence-corrected chi connectivity index (χ1v) is 8.77. The van der Waals surface area contributed by atoms with Crippen molar-refractivity contribution in [2.24, 2.45) is 5.92 Å². The van der Waals surface area contributed by atoms with Crippen LogP contribution in [0.2, 0.25) is 0 Å². The fraction of sp³-hybridized carbons (Fsp3) is 0.474. The first-order valence-electron chi connectivity index (χ1n) is 8.77. The van der Waals surface area contributed by atoms with Gasteiger partial charge in [0.25, 0.3) is 0 Å². The topological polar surface area (TPSA) is 103 Å². The van der Waals surface area contributed by atoms with Crippen LogP contribution >= 0.6 is 0 Å². The highest BCUT2D eigenvalue weighted by Gasteiger charge is 2.18. The molecule has 0 radical (unpaired) electrons. The predicted molar refractivity (Wildman–Crippen MR) is 98.1 cm³/mol. The molecule has 0 spiro atoms. The van der Waals surface area contributed by atoms with Gasteiger partial charge < -0.3 is 24.8 Å². The number of carboxylic acid groups (broad SMARTS) is 2. The van der Waals surface area contributed by atoms with E-state index in [2.05, 4.69) is 52.9 Å². The summed E-state index contributed by atoms with van der Waals surface area (Å²) in [4.78, 5) is 20.6. The molecule has 3 rings (SSSR count). The van der Waals surface area contributed by atoms with Gasteiger partial charge in [0, 0.05) is 24.8 Å². The van der Waals surface area contributed by atoms with Crippen LogP contribution in [-0.4, -0.2) is 62.5 Å². The lowest BCUT2D eigenvalue weighted by Gasteiger charge is -2.31. The summed E-state index contributed by atoms with van der Waals surface area (Å²) in [6.45, 7) is 6.05. The molecule has 2 aromatic rings. The normalized spacial score (nSPS) is 16.7. The number of para-hydroxylation sites is 1. The highest BCUT2D eigenvalue weighted by molar-refractivity contribution is 6.27. The van der Waals surface area contributed by atoms with Crippen molar-refractivity contribution < 1.29 is 24.9 Å². The van der Waals surface area contributed by atoms with Crippen LogP contribution in [0.15, 0.2) is 36.5 Å². The molecule has 3 N–H and O–H groups in total. The summed E-state index contributed by atoms with van der Waals surface area (Å²) in [5, 5.41) is 26.4. The Bertz CT molecular complexity index is 722. The number of aliphatic carboxylic acids is 2. The SMILES string of the molecule is CC1CCN(CC(O)Cn2ccc3ccccc32)CC1.O=C(O)C(=O)O. The number of rotatable bonds is 4. The van der Waals surface area contributed by atoms with Gasteiger partial charge in [-0.15, -0.1) is 0 Å². The van der Waals surface area contributed by atoms with Crippen molar-refractivity contribution in [3.8, 4) is 0 Å². The number of benzene rings is 1. The van der Waals surface area contributed by atoms with Crippen LogP contribution < -0.4 is 0 Å². The zero-order chi connectivity index (χ0) is 19.1. The van der Waals surface area contributed by atoms with Crippen LogP contribution in [0.3, 0.4) is 0 Å². The standard InChI is InChI=1S/C17H24N2O.C2H2O4/c1-14-6-9-18(10-7-14)12-16(20)13-19-11-8-15-4-2-3-5-17(15)19;3-1(4)2(5)6/h2-5,8,11,14,16,20H,6-7,9-10,12-13H2,1H3;(H,3,4)(H,5,6). The number of hydrogen-bond donors (Lipinski definition) is 3. The van der Waals surface area contributed by atoms with Gasteiger partial charge in [-0.1, -0.05) is 25.1 Å². The van der Waals surface area contributed by atoms with E-state index in [1.807, 2.05) is 0 Å². The average molecular weight is 362 g/mol. The molecule has 26 heavy (non-hydrogen) atoms. The molecule has 1 aliphatic rings. The lowest BCUT2D eigenvalue weighted by Crippen LogP contribution is -2.39. The van der Waals surface area contributed by atoms with Crippen molar-refractivity contribution in [2.75, 3.05) is 19.6 Å². The first-order chi connectivity index (χ1) is 12.4. The minimum atomic E-state index is -1.82. The summed E-state index contributed by atoms with van der Waals surface area (Å²) in [6, 6.07) is 10.5. The number of carboxylic acids is 2. The smallest absolute Gasteiger partial charge is 0.414 e. The molecule has 7 heteroatoms. The molecule has 1 aromatic carbocycles. The van der Waals surface area contributed by atoms with Gasteiger partial charge in [0.2, 0.25) is 0 Å². The predicted octanol–water partition coefficient (Wildman–Crippen LogP) is 1.89. The number of aliphatic hydroxyl groups is 1. The van der Waals surface area contributed by atoms with Gasteiger partial charge in [0.1, 0.15) is 0 Å². The summed E-state index contributed by atoms with van der Waals surface area (Å²) in [5.41, 5.74) is 1.21. The van der Waals surface area contributed by atoms with Crippen LogP contribution in [-0.2, 0) is 16.1 Å². The van der Waals surface area contributed by atoms with Crippen LogP contribution in [0.1, 0.15) is 19.8 Å². The Morgan fingerprint density at radius 2 is 1.69 bits per heavy atom. The summed E-state index contributed by atoms with van der Waals surface area (Å²) in [7, 11) is 0. The number of likely N-dealkylation sites (tertiary alicyclic amines) is 1. The Morgan fingerprint density at radius 3 is 2.31 bits per heavy atom. The fourth-order valence-corrected chi connectivity index (χ4v) is 3.13. The number of fused-ring (bicyclic) bond motifs is 1. The molecule has 0 aliphatic carbocycles. The first kappa shape index (κ1) is 19.9. The summed E-state index contributed by atoms with van der Waals surface area (Å²) >= 11 is 0. The van der Waals surface area contributed by atoms with E-state index < -0.39 is 11.9 Å². The molecule has 1 saturated heterocycles. The summed E-state index contributed by atoms with van der Waals surface area (Å²) in [5.74, 6) is -2.80. The number of carbonyl (C=O) groups is 2. The number of nitrogens with zero attached hydrogens (tertiary/aromatic N) is 2. The second-order valence-electron chi connectivity index (χ2n) is 6.77. The van der Waals surface area contributed by atoms with Crippen molar-refractivity contribution in [1.29, 1.82) is 0 Å². The van der Waals surface area contributed by atoms with E-state index in [9.17, 15) is 5.11 Å². The number of aromatic nitrogens is 1. The van der Waals surface area contributed by atoms with E-state index in [0.717, 1.165) is 25.6 Å². The molecule has 1 unspecified atom stereocenters. The second-order valence-corrected chi connectivity index (χ2v) is 6.77. The Labute approximate surface area is 152 Å². The second kappa shape index (κ2) is 9.35. The van der Waals surface area contributed by atoms with E-state index in [0.29, 0.717) is 6.54 Å². The fourth-order valence-electron chi connectivity index (χ4n) is 3.13. The molecule has 1 aliphatic heterocycles. The average Bonchev–Trinajstić information content (AvgIpc) is 3.00. The molecular weight excluding hydrogens is 336 g/mol. The van der Waals surface area contributed by atoms with Crippen molar-refractivity contribution in [2.45, 2.75) is 32.4 Å². The highest BCUT2D eigenvalue weighted by atomic mass is 16.4. The van der Waals surface area contributed by atoms with Gasteiger partial charge in [-0.25, -0.2) is 9.59 Å². The maximum absolute atomic E-state index is 10.3. The molecule has 1 aromatic heterocycles. The highest BCUT2D eigenvalue weighted by Crippen LogP contribution is 2.18. The van der Waals surface area contributed by atoms with Gasteiger partial charge in [-0.05, 0) is 49.4 Å². The zero-order valence-electron chi connectivity index (χ0n) is 14.9. The van der Waals surface area contributed by atoms with E-state index >= 15 is 0 Å². The third-order valence-electron chi connectivity index (χ3n) is 4.62. The number of hydrogen-bond acceptors (Lipinski definition) is 4. The Balaban J connectivity index is 0.000000352. The van der Waals surface area contributed by atoms with E-state index in [1.165, 1.54) is 23.7 Å². The van der Waals surface area contributed by atoms with Gasteiger partial charge >= 0.3 is 11.9 Å². The molecular formula is C19H26N2O5. The lowest BCUT2D eigenvalue weighted by molar-refractivity contribution is -0.159. The lowest BCUT2D eigenvalue weighted by atomic mass is 9.99. The Kier molecular flexibility index (Phi) is 7.17. The van der Waals surface area contributed by atoms with Crippen LogP contribution in [0, 0.1) is 5.92 Å². The molecule has 0 saturated carbocycles. The molecule has 1 atom stereocenters. The monoisotopic (exact) mass is 362 g/mol. The van der Waals surface area contributed by atoms with Crippen LogP contribution in [0.5, 0.6) is 0 Å². The minimum absolute atomic E-state index is 0.292. The quantitative estimate of drug-likeness (QED) is 0.718. The molecule has 0 amide bonds. The third-order valence-corrected chi connectivity index (χ3v) is 4.62. The maximum Gasteiger partial charge on any atom is 0.414 e. The Morgan fingerprint density at radius 1 is 1.08 bits per heavy atom. The number of aliphatic hydroxyl groups excluding tert-OH is 1. The van der Waals surface area contributed by atoms with Crippen molar-refractivity contribution in [3.63, 3.8) is 0 Å². The molecule has 7 nitrogen and oxygen atoms in total. The molecule has 2 heterocycles. The summed E-state index contributed by atoms with van der Waals surface area (Å²) in [6.07, 6.45) is 4.31. The van der Waals surface area contributed by atoms with E-state index in [-0.39, 0.29) is 6.10 Å². The zero-order valence-corrected chi connectivity index (χ0v) is 14.9. The van der Waals surface area contributed by atoms with E-state index in [1.54, 1.807) is 0 Å². The number of β-amino-alcohol motifs (C(OH)–C–C–N with tert-alkyl or cyclic N) is 1. The maximum atomic E-state index is 10.3. The molecule has 142 valence electrons. The van der Waals surface area contributed by atoms with Crippen LogP contribution in [0.4, 0.5) is 0 Å². The van der Waals surface area contributed by atoms with Gasteiger partial charge in [0.05, 0.1) is 6.10 Å². The number of piperidine rings is 1. The third kappa shape index (κ3) is 5.86. The van der Waals surface area contributed by atoms with Crippen LogP contribution in [0.25, 0.3) is 10.9 Å². The van der Waals surface area contributed by atoms with Crippen molar-refractivity contribution in [1.82, 2.24) is 9.47 Å². The molecule has 0 bridgehead atoms. The van der Waals surface area contributed by atoms with Crippen molar-refractivity contribution >= 4 is 22.8 Å². The Hall–Kier alpha value is -2.38. The van der Waals surface area contributed by atoms with Gasteiger partial charge in [0.15, 0.2) is 0 Å². The molecule has 1 fully saturated rings. The summed E-state index contributed by atoms with van der Waals surface area (Å²) < 4.78 is 2.16. The van der Waals surface area contributed by atoms with Crippen molar-refractivity contribution in [3.05, 3.63) is 36.5 Å². The van der Waals surface area contributed by atoms with E-state index in [4.69, 9.17) is 19.8 Å². The largest absolute Gasteiger partial charge is 0.473 e. The van der Waals surface area contributed by atoms with Gasteiger partial charge in [-0.2, -0.15) is 0 Å². The minimum Gasteiger partial charge on any atom is -0.473 e. The van der Waals surface area contributed by atoms with Gasteiger partial charge in [-0.3, -0.25) is 0 Å².